The van der Waals surface area contributed by atoms with Crippen molar-refractivity contribution in [1.82, 2.24) is 0 Å². The molecule has 0 aromatic heterocycles. The third-order valence-corrected chi connectivity index (χ3v) is 2.04. The number of hydrogen-bond donors (Lipinski definition) is 1. The van der Waals surface area contributed by atoms with Crippen LogP contribution < -0.4 is 4.90 Å². The Balaban J connectivity index is 2.95. The summed E-state index contributed by atoms with van der Waals surface area (Å²) >= 11 is 0. The summed E-state index contributed by atoms with van der Waals surface area (Å²) in [5, 5.41) is 26.2. The van der Waals surface area contributed by atoms with E-state index in [4.69, 9.17) is 15.6 Å². The summed E-state index contributed by atoms with van der Waals surface area (Å²) in [6, 6.07) is 5.60. The molecule has 0 spiro atoms. The summed E-state index contributed by atoms with van der Waals surface area (Å²) in [6.45, 7) is 0.313. The number of nitriles is 2. The molecule has 0 saturated carbocycles. The van der Waals surface area contributed by atoms with Crippen molar-refractivity contribution in [2.45, 2.75) is 6.42 Å². The summed E-state index contributed by atoms with van der Waals surface area (Å²) in [5.41, 5.74) is 0.357. The maximum atomic E-state index is 13.0. The molecule has 0 fully saturated rings. The molecule has 0 bridgehead atoms. The molecular weight excluding hydrogens is 209 g/mol. The number of nitrogens with zero attached hydrogens (tertiary/aromatic N) is 3. The number of anilines is 1. The van der Waals surface area contributed by atoms with Gasteiger partial charge in [-0.05, 0) is 24.6 Å². The normalized spacial score (nSPS) is 9.25. The van der Waals surface area contributed by atoms with Gasteiger partial charge in [0, 0.05) is 13.2 Å². The lowest BCUT2D eigenvalue weighted by molar-refractivity contribution is 0.291. The molecule has 1 aromatic rings. The number of rotatable bonds is 4. The van der Waals surface area contributed by atoms with Crippen LogP contribution in [0.5, 0.6) is 0 Å². The summed E-state index contributed by atoms with van der Waals surface area (Å²) in [7, 11) is 0. The van der Waals surface area contributed by atoms with Crippen molar-refractivity contribution in [3.05, 3.63) is 29.6 Å². The van der Waals surface area contributed by atoms with Gasteiger partial charge in [0.15, 0.2) is 6.19 Å². The zero-order valence-electron chi connectivity index (χ0n) is 8.52. The van der Waals surface area contributed by atoms with Gasteiger partial charge >= 0.3 is 0 Å². The standard InChI is InChI=1S/C11H10FN3O/c12-11-3-2-10(6-9(11)7-13)15(8-14)4-1-5-16/h2-3,6,16H,1,4-5H2. The smallest absolute Gasteiger partial charge is 0.184 e. The van der Waals surface area contributed by atoms with Crippen LogP contribution in [0.4, 0.5) is 10.1 Å². The lowest BCUT2D eigenvalue weighted by atomic mass is 10.2. The average molecular weight is 219 g/mol. The van der Waals surface area contributed by atoms with Gasteiger partial charge in [-0.2, -0.15) is 10.5 Å². The molecule has 0 aliphatic carbocycles. The monoisotopic (exact) mass is 219 g/mol. The second-order valence-electron chi connectivity index (χ2n) is 3.10. The first-order valence-corrected chi connectivity index (χ1v) is 4.70. The number of halogens is 1. The zero-order valence-corrected chi connectivity index (χ0v) is 8.52. The molecule has 0 atom stereocenters. The predicted octanol–water partition coefficient (Wildman–Crippen LogP) is 1.37. The van der Waals surface area contributed by atoms with E-state index in [0.717, 1.165) is 6.07 Å². The van der Waals surface area contributed by atoms with Crippen molar-refractivity contribution in [3.63, 3.8) is 0 Å². The average Bonchev–Trinajstić information content (AvgIpc) is 2.32. The third-order valence-electron chi connectivity index (χ3n) is 2.04. The van der Waals surface area contributed by atoms with Gasteiger partial charge in [-0.3, -0.25) is 4.90 Å². The minimum Gasteiger partial charge on any atom is -0.396 e. The predicted molar refractivity (Wildman–Crippen MR) is 55.8 cm³/mol. The van der Waals surface area contributed by atoms with Crippen molar-refractivity contribution in [1.29, 1.82) is 10.5 Å². The SMILES string of the molecule is N#Cc1cc(N(C#N)CCCO)ccc1F. The van der Waals surface area contributed by atoms with Crippen LogP contribution in [0.15, 0.2) is 18.2 Å². The molecule has 0 amide bonds. The fraction of sp³-hybridized carbons (Fsp3) is 0.273. The van der Waals surface area contributed by atoms with Crippen molar-refractivity contribution in [3.8, 4) is 12.3 Å². The number of aliphatic hydroxyl groups excluding tert-OH is 1. The first-order chi connectivity index (χ1) is 7.72. The Morgan fingerprint density at radius 3 is 2.69 bits per heavy atom. The van der Waals surface area contributed by atoms with Crippen molar-refractivity contribution in [2.75, 3.05) is 18.1 Å². The fourth-order valence-electron chi connectivity index (χ4n) is 1.23. The Labute approximate surface area is 92.8 Å². The van der Waals surface area contributed by atoms with Crippen LogP contribution >= 0.6 is 0 Å². The van der Waals surface area contributed by atoms with Crippen LogP contribution in [0.2, 0.25) is 0 Å². The van der Waals surface area contributed by atoms with E-state index in [-0.39, 0.29) is 12.2 Å². The molecule has 1 aromatic carbocycles. The van der Waals surface area contributed by atoms with E-state index in [9.17, 15) is 4.39 Å². The first-order valence-electron chi connectivity index (χ1n) is 4.70. The maximum absolute atomic E-state index is 13.0. The van der Waals surface area contributed by atoms with Crippen LogP contribution in [0, 0.1) is 28.6 Å². The molecule has 1 N–H and O–H groups in total. The minimum atomic E-state index is -0.605. The first kappa shape index (κ1) is 12.0. The Morgan fingerprint density at radius 1 is 1.38 bits per heavy atom. The van der Waals surface area contributed by atoms with E-state index >= 15 is 0 Å². The Kier molecular flexibility index (Phi) is 4.26. The molecule has 0 saturated heterocycles. The van der Waals surface area contributed by atoms with Gasteiger partial charge in [0.25, 0.3) is 0 Å². The summed E-state index contributed by atoms with van der Waals surface area (Å²) in [5.74, 6) is -0.605. The van der Waals surface area contributed by atoms with Crippen LogP contribution in [-0.4, -0.2) is 18.3 Å². The molecule has 5 heteroatoms. The molecule has 0 unspecified atom stereocenters. The highest BCUT2D eigenvalue weighted by molar-refractivity contribution is 5.54. The lowest BCUT2D eigenvalue weighted by Gasteiger charge is -2.15. The molecule has 0 heterocycles. The van der Waals surface area contributed by atoms with Crippen molar-refractivity contribution >= 4 is 5.69 Å². The van der Waals surface area contributed by atoms with Crippen LogP contribution in [0.3, 0.4) is 0 Å². The molecule has 0 aliphatic rings. The molecule has 16 heavy (non-hydrogen) atoms. The van der Waals surface area contributed by atoms with E-state index in [2.05, 4.69) is 0 Å². The zero-order chi connectivity index (χ0) is 12.0. The molecule has 1 rings (SSSR count). The van der Waals surface area contributed by atoms with Gasteiger partial charge in [-0.25, -0.2) is 4.39 Å². The van der Waals surface area contributed by atoms with E-state index < -0.39 is 5.82 Å². The third kappa shape index (κ3) is 2.69. The van der Waals surface area contributed by atoms with Gasteiger partial charge in [0.05, 0.1) is 11.3 Å². The number of benzene rings is 1. The number of hydrogen-bond acceptors (Lipinski definition) is 4. The highest BCUT2D eigenvalue weighted by Gasteiger charge is 2.08. The summed E-state index contributed by atoms with van der Waals surface area (Å²) in [4.78, 5) is 1.30. The molecule has 0 aliphatic heterocycles. The molecule has 0 radical (unpaired) electrons. The topological polar surface area (TPSA) is 71.0 Å². The van der Waals surface area contributed by atoms with Gasteiger partial charge in [0.1, 0.15) is 11.9 Å². The Morgan fingerprint density at radius 2 is 2.12 bits per heavy atom. The van der Waals surface area contributed by atoms with Gasteiger partial charge in [0.2, 0.25) is 0 Å². The molecular formula is C11H10FN3O. The quantitative estimate of drug-likeness (QED) is 0.613. The van der Waals surface area contributed by atoms with Crippen LogP contribution in [0.25, 0.3) is 0 Å². The summed E-state index contributed by atoms with van der Waals surface area (Å²) < 4.78 is 13.0. The maximum Gasteiger partial charge on any atom is 0.184 e. The van der Waals surface area contributed by atoms with Gasteiger partial charge < -0.3 is 5.11 Å². The van der Waals surface area contributed by atoms with Crippen molar-refractivity contribution in [2.24, 2.45) is 0 Å². The highest BCUT2D eigenvalue weighted by Crippen LogP contribution is 2.18. The highest BCUT2D eigenvalue weighted by atomic mass is 19.1. The second kappa shape index (κ2) is 5.69. The lowest BCUT2D eigenvalue weighted by Crippen LogP contribution is -2.18. The minimum absolute atomic E-state index is 0.0233. The Hall–Kier alpha value is -2.11. The second-order valence-corrected chi connectivity index (χ2v) is 3.10. The Bertz CT molecular complexity index is 448. The molecule has 82 valence electrons. The largest absolute Gasteiger partial charge is 0.396 e. The van der Waals surface area contributed by atoms with E-state index in [1.807, 2.05) is 6.19 Å². The van der Waals surface area contributed by atoms with Crippen molar-refractivity contribution < 1.29 is 9.50 Å². The van der Waals surface area contributed by atoms with E-state index in [1.165, 1.54) is 17.0 Å². The van der Waals surface area contributed by atoms with Crippen LogP contribution in [0.1, 0.15) is 12.0 Å². The summed E-state index contributed by atoms with van der Waals surface area (Å²) in [6.07, 6.45) is 2.35. The van der Waals surface area contributed by atoms with Gasteiger partial charge in [-0.1, -0.05) is 0 Å². The van der Waals surface area contributed by atoms with Crippen LogP contribution in [-0.2, 0) is 0 Å². The van der Waals surface area contributed by atoms with E-state index in [1.54, 1.807) is 6.07 Å². The molecule has 4 nitrogen and oxygen atoms in total. The fourth-order valence-corrected chi connectivity index (χ4v) is 1.23. The van der Waals surface area contributed by atoms with E-state index in [0.29, 0.717) is 18.7 Å². The number of aliphatic hydroxyl groups is 1. The van der Waals surface area contributed by atoms with Gasteiger partial charge in [-0.15, -0.1) is 0 Å².